The maximum Gasteiger partial charge on any atom is 0.255 e. The molecular formula is C13H16Cl2N2O3S. The van der Waals surface area contributed by atoms with E-state index in [0.29, 0.717) is 12.5 Å². The largest absolute Gasteiger partial charge is 0.341 e. The summed E-state index contributed by atoms with van der Waals surface area (Å²) in [6.07, 6.45) is 3.40. The van der Waals surface area contributed by atoms with Crippen molar-refractivity contribution in [2.45, 2.75) is 24.2 Å². The van der Waals surface area contributed by atoms with Crippen molar-refractivity contribution in [1.82, 2.24) is 4.90 Å². The maximum atomic E-state index is 12.4. The second kappa shape index (κ2) is 6.12. The van der Waals surface area contributed by atoms with Gasteiger partial charge >= 0.3 is 0 Å². The lowest BCUT2D eigenvalue weighted by Crippen LogP contribution is -2.34. The molecule has 1 aliphatic carbocycles. The molecule has 0 heterocycles. The van der Waals surface area contributed by atoms with Crippen molar-refractivity contribution in [2.75, 3.05) is 13.6 Å². The number of nitrogens with two attached hydrogens (primary N) is 1. The Balaban J connectivity index is 2.31. The van der Waals surface area contributed by atoms with Gasteiger partial charge in [0, 0.05) is 13.6 Å². The molecule has 0 saturated heterocycles. The Morgan fingerprint density at radius 2 is 1.95 bits per heavy atom. The minimum atomic E-state index is -4.01. The van der Waals surface area contributed by atoms with Gasteiger partial charge in [-0.15, -0.1) is 0 Å². The van der Waals surface area contributed by atoms with Crippen LogP contribution >= 0.6 is 23.2 Å². The van der Waals surface area contributed by atoms with E-state index in [2.05, 4.69) is 0 Å². The van der Waals surface area contributed by atoms with Crippen LogP contribution in [0, 0.1) is 5.92 Å². The van der Waals surface area contributed by atoms with Crippen molar-refractivity contribution in [3.8, 4) is 0 Å². The van der Waals surface area contributed by atoms with Crippen molar-refractivity contribution < 1.29 is 13.2 Å². The lowest BCUT2D eigenvalue weighted by Gasteiger charge is -2.30. The molecule has 5 nitrogen and oxygen atoms in total. The number of amides is 1. The zero-order valence-corrected chi connectivity index (χ0v) is 13.8. The second-order valence-electron chi connectivity index (χ2n) is 5.29. The van der Waals surface area contributed by atoms with Crippen LogP contribution in [0.2, 0.25) is 10.0 Å². The van der Waals surface area contributed by atoms with Gasteiger partial charge in [-0.1, -0.05) is 29.6 Å². The summed E-state index contributed by atoms with van der Waals surface area (Å²) in [6.45, 7) is 0.627. The predicted molar refractivity (Wildman–Crippen MR) is 82.1 cm³/mol. The Morgan fingerprint density at radius 1 is 1.33 bits per heavy atom. The topological polar surface area (TPSA) is 80.5 Å². The molecule has 8 heteroatoms. The van der Waals surface area contributed by atoms with E-state index in [4.69, 9.17) is 28.3 Å². The highest BCUT2D eigenvalue weighted by molar-refractivity contribution is 7.89. The summed E-state index contributed by atoms with van der Waals surface area (Å²) >= 11 is 11.8. The van der Waals surface area contributed by atoms with E-state index in [9.17, 15) is 13.2 Å². The summed E-state index contributed by atoms with van der Waals surface area (Å²) in [6, 6.07) is 2.37. The molecule has 1 amide bonds. The quantitative estimate of drug-likeness (QED) is 0.905. The lowest BCUT2D eigenvalue weighted by atomic mass is 9.85. The fourth-order valence-corrected chi connectivity index (χ4v) is 3.66. The smallest absolute Gasteiger partial charge is 0.255 e. The summed E-state index contributed by atoms with van der Waals surface area (Å²) in [5.41, 5.74) is 0.0897. The van der Waals surface area contributed by atoms with E-state index in [-0.39, 0.29) is 26.4 Å². The average Bonchev–Trinajstić information content (AvgIpc) is 2.31. The molecule has 1 fully saturated rings. The Hall–Kier alpha value is -0.820. The minimum Gasteiger partial charge on any atom is -0.341 e. The Labute approximate surface area is 134 Å². The number of primary sulfonamides is 1. The standard InChI is InChI=1S/C13H16Cl2N2O3S/c1-17(7-8-3-2-4-8)13(18)9-5-12(21(16,19)20)11(15)6-10(9)14/h5-6,8H,2-4,7H2,1H3,(H2,16,19,20). The van der Waals surface area contributed by atoms with Gasteiger partial charge in [0.2, 0.25) is 10.0 Å². The fourth-order valence-electron chi connectivity index (χ4n) is 2.26. The zero-order chi connectivity index (χ0) is 15.8. The monoisotopic (exact) mass is 350 g/mol. The molecule has 0 unspecified atom stereocenters. The van der Waals surface area contributed by atoms with Crippen LogP contribution in [0.3, 0.4) is 0 Å². The first-order valence-electron chi connectivity index (χ1n) is 6.47. The van der Waals surface area contributed by atoms with E-state index >= 15 is 0 Å². The maximum absolute atomic E-state index is 12.4. The van der Waals surface area contributed by atoms with E-state index < -0.39 is 10.0 Å². The van der Waals surface area contributed by atoms with E-state index in [0.717, 1.165) is 18.9 Å². The minimum absolute atomic E-state index is 0.0897. The molecule has 0 aromatic heterocycles. The van der Waals surface area contributed by atoms with Gasteiger partial charge in [0.1, 0.15) is 4.90 Å². The van der Waals surface area contributed by atoms with Crippen LogP contribution in [0.25, 0.3) is 0 Å². The number of hydrogen-bond acceptors (Lipinski definition) is 3. The number of benzene rings is 1. The van der Waals surface area contributed by atoms with Crippen LogP contribution in [0.15, 0.2) is 17.0 Å². The van der Waals surface area contributed by atoms with E-state index in [1.54, 1.807) is 11.9 Å². The van der Waals surface area contributed by atoms with Gasteiger partial charge in [0.15, 0.2) is 0 Å². The van der Waals surface area contributed by atoms with Crippen molar-refractivity contribution >= 4 is 39.1 Å². The number of carbonyl (C=O) groups is 1. The second-order valence-corrected chi connectivity index (χ2v) is 7.63. The Kier molecular flexibility index (Phi) is 4.82. The van der Waals surface area contributed by atoms with Gasteiger partial charge in [0.05, 0.1) is 15.6 Å². The lowest BCUT2D eigenvalue weighted by molar-refractivity contribution is 0.0745. The third-order valence-corrected chi connectivity index (χ3v) is 5.35. The molecule has 1 aromatic carbocycles. The van der Waals surface area contributed by atoms with Crippen LogP contribution in [-0.4, -0.2) is 32.8 Å². The van der Waals surface area contributed by atoms with Crippen molar-refractivity contribution in [2.24, 2.45) is 11.1 Å². The summed E-state index contributed by atoms with van der Waals surface area (Å²) in [7, 11) is -2.34. The van der Waals surface area contributed by atoms with Crippen molar-refractivity contribution in [3.05, 3.63) is 27.7 Å². The summed E-state index contributed by atoms with van der Waals surface area (Å²) in [5, 5.41) is 5.10. The first-order valence-corrected chi connectivity index (χ1v) is 8.77. The van der Waals surface area contributed by atoms with Crippen molar-refractivity contribution in [3.63, 3.8) is 0 Å². The average molecular weight is 351 g/mol. The highest BCUT2D eigenvalue weighted by Crippen LogP contribution is 2.30. The van der Waals surface area contributed by atoms with Crippen LogP contribution in [0.4, 0.5) is 0 Å². The predicted octanol–water partition coefficient (Wildman–Crippen LogP) is 2.51. The molecule has 116 valence electrons. The third kappa shape index (κ3) is 3.69. The molecular weight excluding hydrogens is 335 g/mol. The van der Waals surface area contributed by atoms with E-state index in [1.165, 1.54) is 12.5 Å². The number of carbonyl (C=O) groups excluding carboxylic acids is 1. The number of hydrogen-bond donors (Lipinski definition) is 1. The van der Waals surface area contributed by atoms with Crippen LogP contribution < -0.4 is 5.14 Å². The van der Waals surface area contributed by atoms with Crippen LogP contribution in [0.5, 0.6) is 0 Å². The normalized spacial score (nSPS) is 15.6. The fraction of sp³-hybridized carbons (Fsp3) is 0.462. The van der Waals surface area contributed by atoms with Gasteiger partial charge in [-0.05, 0) is 30.9 Å². The van der Waals surface area contributed by atoms with Gasteiger partial charge in [-0.3, -0.25) is 4.79 Å². The highest BCUT2D eigenvalue weighted by atomic mass is 35.5. The Morgan fingerprint density at radius 3 is 2.43 bits per heavy atom. The number of halogens is 2. The van der Waals surface area contributed by atoms with Crippen LogP contribution in [0.1, 0.15) is 29.6 Å². The van der Waals surface area contributed by atoms with Gasteiger partial charge in [-0.2, -0.15) is 0 Å². The first kappa shape index (κ1) is 16.5. The molecule has 1 saturated carbocycles. The highest BCUT2D eigenvalue weighted by Gasteiger charge is 2.25. The zero-order valence-electron chi connectivity index (χ0n) is 11.5. The number of nitrogens with zero attached hydrogens (tertiary/aromatic N) is 1. The molecule has 0 atom stereocenters. The molecule has 0 bridgehead atoms. The van der Waals surface area contributed by atoms with E-state index in [1.807, 2.05) is 0 Å². The number of rotatable bonds is 4. The molecule has 1 aromatic rings. The third-order valence-electron chi connectivity index (χ3n) is 3.66. The first-order chi connectivity index (χ1) is 9.70. The Bertz CT molecular complexity index is 672. The summed E-state index contributed by atoms with van der Waals surface area (Å²) in [5.74, 6) is 0.163. The molecule has 1 aliphatic rings. The van der Waals surface area contributed by atoms with Gasteiger partial charge in [-0.25, -0.2) is 13.6 Å². The van der Waals surface area contributed by atoms with Gasteiger partial charge < -0.3 is 4.90 Å². The molecule has 0 radical (unpaired) electrons. The van der Waals surface area contributed by atoms with Crippen LogP contribution in [-0.2, 0) is 10.0 Å². The van der Waals surface area contributed by atoms with Gasteiger partial charge in [0.25, 0.3) is 5.91 Å². The molecule has 21 heavy (non-hydrogen) atoms. The molecule has 0 aliphatic heterocycles. The number of sulfonamides is 1. The molecule has 2 N–H and O–H groups in total. The molecule has 2 rings (SSSR count). The summed E-state index contributed by atoms with van der Waals surface area (Å²) < 4.78 is 22.9. The summed E-state index contributed by atoms with van der Waals surface area (Å²) in [4.78, 5) is 13.6. The SMILES string of the molecule is CN(CC1CCC1)C(=O)c1cc(S(N)(=O)=O)c(Cl)cc1Cl. The van der Waals surface area contributed by atoms with Crippen molar-refractivity contribution in [1.29, 1.82) is 0 Å². The molecule has 0 spiro atoms.